The molecule has 0 radical (unpaired) electrons. The van der Waals surface area contributed by atoms with Crippen LogP contribution in [0.3, 0.4) is 0 Å². The van der Waals surface area contributed by atoms with Crippen molar-refractivity contribution in [3.05, 3.63) is 83.4 Å². The van der Waals surface area contributed by atoms with Gasteiger partial charge in [0.05, 0.1) is 5.69 Å². The summed E-state index contributed by atoms with van der Waals surface area (Å²) in [5.74, 6) is -1.12. The first-order valence-corrected chi connectivity index (χ1v) is 8.71. The summed E-state index contributed by atoms with van der Waals surface area (Å²) < 4.78 is 1.44. The Kier molecular flexibility index (Phi) is 4.50. The standard InChI is InChI=1S/C20H14ClN5O2/c21-13-7-4-8-14(9-13)24-20(28)16-10-15(12-5-2-1-3-6-12)25-19-17(18(22)27)23-11-26(16)19/h1-11H,(H2,22,27)(H,24,28). The summed E-state index contributed by atoms with van der Waals surface area (Å²) in [6.07, 6.45) is 1.35. The van der Waals surface area contributed by atoms with Crippen molar-refractivity contribution in [1.29, 1.82) is 0 Å². The van der Waals surface area contributed by atoms with Crippen molar-refractivity contribution >= 4 is 34.7 Å². The zero-order chi connectivity index (χ0) is 19.7. The first-order chi connectivity index (χ1) is 13.5. The predicted octanol–water partition coefficient (Wildman–Crippen LogP) is 3.40. The molecule has 0 aliphatic rings. The number of nitrogens with zero attached hydrogens (tertiary/aromatic N) is 3. The Balaban J connectivity index is 1.86. The number of fused-ring (bicyclic) bond motifs is 1. The van der Waals surface area contributed by atoms with E-state index in [0.29, 0.717) is 16.4 Å². The molecule has 0 atom stereocenters. The van der Waals surface area contributed by atoms with Crippen LogP contribution < -0.4 is 11.1 Å². The van der Waals surface area contributed by atoms with Gasteiger partial charge in [0.25, 0.3) is 11.8 Å². The van der Waals surface area contributed by atoms with E-state index in [2.05, 4.69) is 15.3 Å². The Labute approximate surface area is 164 Å². The molecule has 0 fully saturated rings. The van der Waals surface area contributed by atoms with Gasteiger partial charge in [-0.05, 0) is 24.3 Å². The highest BCUT2D eigenvalue weighted by atomic mass is 35.5. The van der Waals surface area contributed by atoms with E-state index in [-0.39, 0.29) is 17.0 Å². The molecule has 2 heterocycles. The smallest absolute Gasteiger partial charge is 0.272 e. The number of benzene rings is 2. The Morgan fingerprint density at radius 2 is 1.82 bits per heavy atom. The minimum absolute atomic E-state index is 0.00501. The van der Waals surface area contributed by atoms with Gasteiger partial charge in [-0.3, -0.25) is 14.0 Å². The molecule has 8 heteroatoms. The van der Waals surface area contributed by atoms with Gasteiger partial charge in [0.15, 0.2) is 11.3 Å². The number of nitrogens with two attached hydrogens (primary N) is 1. The number of amides is 2. The molecule has 0 unspecified atom stereocenters. The fraction of sp³-hybridized carbons (Fsp3) is 0. The van der Waals surface area contributed by atoms with E-state index < -0.39 is 11.8 Å². The lowest BCUT2D eigenvalue weighted by atomic mass is 10.1. The Hall–Kier alpha value is -3.71. The first-order valence-electron chi connectivity index (χ1n) is 8.33. The van der Waals surface area contributed by atoms with Crippen molar-refractivity contribution in [2.24, 2.45) is 5.73 Å². The topological polar surface area (TPSA) is 102 Å². The number of aromatic nitrogens is 3. The van der Waals surface area contributed by atoms with E-state index in [1.54, 1.807) is 30.3 Å². The highest BCUT2D eigenvalue weighted by Crippen LogP contribution is 2.22. The third-order valence-electron chi connectivity index (χ3n) is 4.12. The maximum absolute atomic E-state index is 13.0. The van der Waals surface area contributed by atoms with Gasteiger partial charge in [0.1, 0.15) is 12.0 Å². The van der Waals surface area contributed by atoms with Crippen LogP contribution in [0.5, 0.6) is 0 Å². The molecule has 0 saturated heterocycles. The van der Waals surface area contributed by atoms with Crippen molar-refractivity contribution in [2.45, 2.75) is 0 Å². The second-order valence-corrected chi connectivity index (χ2v) is 6.44. The molecule has 2 aromatic carbocycles. The Morgan fingerprint density at radius 3 is 2.54 bits per heavy atom. The summed E-state index contributed by atoms with van der Waals surface area (Å²) >= 11 is 5.98. The average Bonchev–Trinajstić information content (AvgIpc) is 3.12. The van der Waals surface area contributed by atoms with Gasteiger partial charge < -0.3 is 11.1 Å². The number of halogens is 1. The van der Waals surface area contributed by atoms with E-state index in [1.807, 2.05) is 30.3 Å². The molecule has 4 rings (SSSR count). The lowest BCUT2D eigenvalue weighted by Gasteiger charge is -2.10. The van der Waals surface area contributed by atoms with E-state index in [4.69, 9.17) is 17.3 Å². The van der Waals surface area contributed by atoms with Crippen molar-refractivity contribution in [2.75, 3.05) is 5.32 Å². The molecule has 4 aromatic rings. The van der Waals surface area contributed by atoms with Crippen LogP contribution in [0.1, 0.15) is 21.0 Å². The normalized spacial score (nSPS) is 10.8. The molecule has 2 aromatic heterocycles. The van der Waals surface area contributed by atoms with Gasteiger partial charge in [-0.15, -0.1) is 0 Å². The number of rotatable bonds is 4. The largest absolute Gasteiger partial charge is 0.364 e. The van der Waals surface area contributed by atoms with Crippen LogP contribution in [0.25, 0.3) is 16.9 Å². The average molecular weight is 392 g/mol. The number of primary amides is 1. The summed E-state index contributed by atoms with van der Waals surface area (Å²) in [6, 6.07) is 17.8. The summed E-state index contributed by atoms with van der Waals surface area (Å²) in [4.78, 5) is 33.2. The number of carbonyl (C=O) groups is 2. The zero-order valence-corrected chi connectivity index (χ0v) is 15.2. The minimum atomic E-state index is -0.721. The van der Waals surface area contributed by atoms with Crippen LogP contribution in [0.4, 0.5) is 5.69 Å². The molecule has 0 bridgehead atoms. The van der Waals surface area contributed by atoms with Crippen LogP contribution in [0.15, 0.2) is 67.0 Å². The summed E-state index contributed by atoms with van der Waals surface area (Å²) in [5, 5.41) is 3.29. The molecule has 2 amide bonds. The number of nitrogens with one attached hydrogen (secondary N) is 1. The SMILES string of the molecule is NC(=O)c1ncn2c(C(=O)Nc3cccc(Cl)c3)cc(-c3ccccc3)nc12. The van der Waals surface area contributed by atoms with E-state index in [1.165, 1.54) is 10.7 Å². The fourth-order valence-electron chi connectivity index (χ4n) is 2.84. The maximum atomic E-state index is 13.0. The maximum Gasteiger partial charge on any atom is 0.272 e. The van der Waals surface area contributed by atoms with Crippen molar-refractivity contribution in [1.82, 2.24) is 14.4 Å². The molecule has 0 saturated carbocycles. The number of anilines is 1. The third-order valence-corrected chi connectivity index (χ3v) is 4.35. The summed E-state index contributed by atoms with van der Waals surface area (Å²) in [6.45, 7) is 0. The zero-order valence-electron chi connectivity index (χ0n) is 14.5. The van der Waals surface area contributed by atoms with E-state index >= 15 is 0 Å². The predicted molar refractivity (Wildman–Crippen MR) is 106 cm³/mol. The molecular formula is C20H14ClN5O2. The van der Waals surface area contributed by atoms with Crippen molar-refractivity contribution in [3.8, 4) is 11.3 Å². The quantitative estimate of drug-likeness (QED) is 0.556. The van der Waals surface area contributed by atoms with Gasteiger partial charge >= 0.3 is 0 Å². The Bertz CT molecular complexity index is 1200. The highest BCUT2D eigenvalue weighted by Gasteiger charge is 2.19. The molecule has 0 aliphatic heterocycles. The van der Waals surface area contributed by atoms with Gasteiger partial charge in [0.2, 0.25) is 0 Å². The van der Waals surface area contributed by atoms with Crippen molar-refractivity contribution < 1.29 is 9.59 Å². The lowest BCUT2D eigenvalue weighted by Crippen LogP contribution is -2.17. The minimum Gasteiger partial charge on any atom is -0.364 e. The second kappa shape index (κ2) is 7.13. The van der Waals surface area contributed by atoms with Gasteiger partial charge in [-0.2, -0.15) is 0 Å². The monoisotopic (exact) mass is 391 g/mol. The van der Waals surface area contributed by atoms with Crippen molar-refractivity contribution in [3.63, 3.8) is 0 Å². The molecule has 138 valence electrons. The van der Waals surface area contributed by atoms with Gasteiger partial charge in [0, 0.05) is 16.3 Å². The number of hydrogen-bond acceptors (Lipinski definition) is 4. The van der Waals surface area contributed by atoms with Crippen LogP contribution in [-0.2, 0) is 0 Å². The molecule has 28 heavy (non-hydrogen) atoms. The fourth-order valence-corrected chi connectivity index (χ4v) is 3.03. The number of hydrogen-bond donors (Lipinski definition) is 2. The van der Waals surface area contributed by atoms with Crippen LogP contribution in [0, 0.1) is 0 Å². The molecule has 0 spiro atoms. The first kappa shape index (κ1) is 17.7. The van der Waals surface area contributed by atoms with E-state index in [0.717, 1.165) is 5.56 Å². The molecule has 7 nitrogen and oxygen atoms in total. The second-order valence-electron chi connectivity index (χ2n) is 6.01. The molecular weight excluding hydrogens is 378 g/mol. The van der Waals surface area contributed by atoms with Crippen LogP contribution in [-0.4, -0.2) is 26.2 Å². The summed E-state index contributed by atoms with van der Waals surface area (Å²) in [5.41, 5.74) is 7.72. The third kappa shape index (κ3) is 3.30. The van der Waals surface area contributed by atoms with Gasteiger partial charge in [-0.25, -0.2) is 9.97 Å². The summed E-state index contributed by atoms with van der Waals surface area (Å²) in [7, 11) is 0. The highest BCUT2D eigenvalue weighted by molar-refractivity contribution is 6.31. The number of imidazole rings is 1. The number of carbonyl (C=O) groups excluding carboxylic acids is 2. The lowest BCUT2D eigenvalue weighted by molar-refractivity contribution is 0.0993. The Morgan fingerprint density at radius 1 is 1.04 bits per heavy atom. The van der Waals surface area contributed by atoms with Crippen LogP contribution in [0.2, 0.25) is 5.02 Å². The molecule has 3 N–H and O–H groups in total. The van der Waals surface area contributed by atoms with E-state index in [9.17, 15) is 9.59 Å². The molecule has 0 aliphatic carbocycles. The van der Waals surface area contributed by atoms with Crippen LogP contribution >= 0.6 is 11.6 Å². The van der Waals surface area contributed by atoms with Gasteiger partial charge in [-0.1, -0.05) is 48.0 Å².